The van der Waals surface area contributed by atoms with E-state index in [4.69, 9.17) is 15.5 Å². The van der Waals surface area contributed by atoms with Gasteiger partial charge in [-0.05, 0) is 31.0 Å². The maximum atomic E-state index is 14.3. The molecule has 2 aliphatic rings. The van der Waals surface area contributed by atoms with Crippen LogP contribution in [0.25, 0.3) is 28.7 Å². The lowest BCUT2D eigenvalue weighted by molar-refractivity contribution is 0.0996. The van der Waals surface area contributed by atoms with Gasteiger partial charge in [0.2, 0.25) is 0 Å². The third-order valence-electron chi connectivity index (χ3n) is 6.26. The molecule has 166 valence electrons. The summed E-state index contributed by atoms with van der Waals surface area (Å²) in [5, 5.41) is 8.45. The highest BCUT2D eigenvalue weighted by Crippen LogP contribution is 2.36. The van der Waals surface area contributed by atoms with Crippen molar-refractivity contribution in [1.82, 2.24) is 29.3 Å². The Kier molecular flexibility index (Phi) is 4.46. The average molecular weight is 445 g/mol. The monoisotopic (exact) mass is 445 g/mol. The van der Waals surface area contributed by atoms with Crippen LogP contribution in [-0.2, 0) is 6.61 Å². The lowest BCUT2D eigenvalue weighted by Gasteiger charge is -2.22. The minimum atomic E-state index is -0.851. The zero-order chi connectivity index (χ0) is 22.5. The van der Waals surface area contributed by atoms with Gasteiger partial charge in [-0.25, -0.2) is 14.4 Å². The van der Waals surface area contributed by atoms with Crippen LogP contribution in [0, 0.1) is 5.82 Å². The molecule has 3 aromatic heterocycles. The van der Waals surface area contributed by atoms with Gasteiger partial charge in [-0.3, -0.25) is 9.36 Å². The maximum Gasteiger partial charge on any atom is 0.251 e. The van der Waals surface area contributed by atoms with Crippen molar-refractivity contribution >= 4 is 5.91 Å². The van der Waals surface area contributed by atoms with E-state index in [1.807, 2.05) is 22.8 Å². The highest BCUT2D eigenvalue weighted by molar-refractivity contribution is 5.94. The average Bonchev–Trinajstić information content (AvgIpc) is 3.58. The Balaban J connectivity index is 1.46. The van der Waals surface area contributed by atoms with Gasteiger partial charge >= 0.3 is 0 Å². The fourth-order valence-electron chi connectivity index (χ4n) is 4.67. The molecule has 0 saturated heterocycles. The first-order valence-corrected chi connectivity index (χ1v) is 10.8. The Labute approximate surface area is 188 Å². The molecule has 1 fully saturated rings. The summed E-state index contributed by atoms with van der Waals surface area (Å²) in [6.45, 7) is 0.213. The number of carbonyl (C=O) groups excluding carboxylic acids is 1. The second kappa shape index (κ2) is 7.51. The number of ether oxygens (including phenoxy) is 1. The highest BCUT2D eigenvalue weighted by Gasteiger charge is 2.26. The summed E-state index contributed by atoms with van der Waals surface area (Å²) in [5.74, 6) is -0.00377. The van der Waals surface area contributed by atoms with Crippen LogP contribution in [0.15, 0.2) is 42.9 Å². The van der Waals surface area contributed by atoms with Crippen molar-refractivity contribution in [3.63, 3.8) is 0 Å². The smallest absolute Gasteiger partial charge is 0.251 e. The summed E-state index contributed by atoms with van der Waals surface area (Å²) in [5.41, 5.74) is 7.69. The minimum absolute atomic E-state index is 0.212. The van der Waals surface area contributed by atoms with E-state index in [1.165, 1.54) is 25.0 Å². The van der Waals surface area contributed by atoms with Gasteiger partial charge in [-0.15, -0.1) is 10.2 Å². The van der Waals surface area contributed by atoms with E-state index in [-0.39, 0.29) is 12.2 Å². The van der Waals surface area contributed by atoms with Crippen molar-refractivity contribution in [2.45, 2.75) is 38.3 Å². The summed E-state index contributed by atoms with van der Waals surface area (Å²) < 4.78 is 23.9. The number of halogens is 1. The predicted octanol–water partition coefficient (Wildman–Crippen LogP) is 3.44. The lowest BCUT2D eigenvalue weighted by atomic mass is 10.1. The highest BCUT2D eigenvalue weighted by atomic mass is 19.1. The normalized spacial score (nSPS) is 15.2. The molecule has 1 aliphatic heterocycles. The van der Waals surface area contributed by atoms with Crippen LogP contribution in [-0.4, -0.2) is 35.2 Å². The molecule has 1 aromatic carbocycles. The summed E-state index contributed by atoms with van der Waals surface area (Å²) in [7, 11) is 0. The molecule has 0 bridgehead atoms. The van der Waals surface area contributed by atoms with Crippen molar-refractivity contribution < 1.29 is 13.9 Å². The molecule has 6 rings (SSSR count). The lowest BCUT2D eigenvalue weighted by Crippen LogP contribution is -2.18. The number of amides is 1. The van der Waals surface area contributed by atoms with E-state index in [0.29, 0.717) is 34.7 Å². The number of primary amides is 1. The minimum Gasteiger partial charge on any atom is -0.485 e. The van der Waals surface area contributed by atoms with Gasteiger partial charge in [-0.1, -0.05) is 18.9 Å². The number of fused-ring (bicyclic) bond motifs is 3. The van der Waals surface area contributed by atoms with E-state index in [2.05, 4.69) is 19.7 Å². The topological polar surface area (TPSA) is 114 Å². The Morgan fingerprint density at radius 2 is 1.94 bits per heavy atom. The molecule has 1 aliphatic carbocycles. The Morgan fingerprint density at radius 1 is 1.15 bits per heavy atom. The van der Waals surface area contributed by atoms with Gasteiger partial charge in [0.1, 0.15) is 35.9 Å². The molecule has 0 spiro atoms. The SMILES string of the molecule is NC(=O)c1cc2c(cc1F)OCc1cnc(-c3cccc(-c4nncn4C4CCCC4)n3)n1-2. The van der Waals surface area contributed by atoms with Crippen LogP contribution in [0.4, 0.5) is 4.39 Å². The molecular weight excluding hydrogens is 425 g/mol. The molecule has 0 atom stereocenters. The standard InChI is InChI=1S/C23H20FN7O2/c24-16-9-20-19(8-15(16)21(25)32)31-14(11-33-20)10-26-22(31)17-6-3-7-18(28-17)23-29-27-12-30(23)13-4-1-2-5-13/h3,6-10,12-13H,1-2,4-5,11H2,(H2,25,32). The maximum absolute atomic E-state index is 14.3. The van der Waals surface area contributed by atoms with Crippen molar-refractivity contribution in [1.29, 1.82) is 0 Å². The van der Waals surface area contributed by atoms with E-state index < -0.39 is 11.7 Å². The summed E-state index contributed by atoms with van der Waals surface area (Å²) in [6.07, 6.45) is 8.06. The molecule has 2 N–H and O–H groups in total. The van der Waals surface area contributed by atoms with Gasteiger partial charge in [0.15, 0.2) is 11.6 Å². The number of hydrogen-bond acceptors (Lipinski definition) is 6. The number of rotatable bonds is 4. The number of nitrogens with two attached hydrogens (primary N) is 1. The van der Waals surface area contributed by atoms with Gasteiger partial charge in [-0.2, -0.15) is 0 Å². The Morgan fingerprint density at radius 3 is 2.73 bits per heavy atom. The van der Waals surface area contributed by atoms with Crippen LogP contribution in [0.3, 0.4) is 0 Å². The van der Waals surface area contributed by atoms with Crippen LogP contribution in [0.2, 0.25) is 0 Å². The molecule has 1 amide bonds. The first-order valence-electron chi connectivity index (χ1n) is 10.8. The summed E-state index contributed by atoms with van der Waals surface area (Å²) >= 11 is 0. The number of pyridine rings is 1. The molecule has 0 radical (unpaired) electrons. The number of aromatic nitrogens is 6. The van der Waals surface area contributed by atoms with Gasteiger partial charge in [0.25, 0.3) is 5.91 Å². The van der Waals surface area contributed by atoms with E-state index in [0.717, 1.165) is 24.4 Å². The zero-order valence-corrected chi connectivity index (χ0v) is 17.6. The van der Waals surface area contributed by atoms with Crippen molar-refractivity contribution in [2.75, 3.05) is 0 Å². The molecule has 9 nitrogen and oxygen atoms in total. The number of hydrogen-bond donors (Lipinski definition) is 1. The first kappa shape index (κ1) is 19.6. The van der Waals surface area contributed by atoms with Gasteiger partial charge in [0, 0.05) is 12.1 Å². The quantitative estimate of drug-likeness (QED) is 0.515. The molecule has 4 heterocycles. The number of benzene rings is 1. The summed E-state index contributed by atoms with van der Waals surface area (Å²) in [6, 6.07) is 8.59. The molecule has 10 heteroatoms. The second-order valence-electron chi connectivity index (χ2n) is 8.27. The van der Waals surface area contributed by atoms with E-state index in [9.17, 15) is 9.18 Å². The van der Waals surface area contributed by atoms with E-state index in [1.54, 1.807) is 12.5 Å². The molecule has 1 saturated carbocycles. The molecular formula is C23H20FN7O2. The molecule has 0 unspecified atom stereocenters. The molecule has 4 aromatic rings. The largest absolute Gasteiger partial charge is 0.485 e. The third kappa shape index (κ3) is 3.17. The summed E-state index contributed by atoms with van der Waals surface area (Å²) in [4.78, 5) is 21.1. The fraction of sp³-hybridized carbons (Fsp3) is 0.261. The van der Waals surface area contributed by atoms with Crippen LogP contribution >= 0.6 is 0 Å². The van der Waals surface area contributed by atoms with Crippen molar-refractivity contribution in [2.24, 2.45) is 5.73 Å². The second-order valence-corrected chi connectivity index (χ2v) is 8.27. The number of nitrogens with zero attached hydrogens (tertiary/aromatic N) is 6. The third-order valence-corrected chi connectivity index (χ3v) is 6.26. The van der Waals surface area contributed by atoms with Gasteiger partial charge in [0.05, 0.1) is 23.1 Å². The van der Waals surface area contributed by atoms with Crippen molar-refractivity contribution in [3.05, 3.63) is 59.9 Å². The first-order chi connectivity index (χ1) is 16.1. The number of carbonyl (C=O) groups is 1. The fourth-order valence-corrected chi connectivity index (χ4v) is 4.67. The Bertz CT molecular complexity index is 1390. The molecule has 33 heavy (non-hydrogen) atoms. The van der Waals surface area contributed by atoms with E-state index >= 15 is 0 Å². The Hall–Kier alpha value is -4.08. The predicted molar refractivity (Wildman–Crippen MR) is 116 cm³/mol. The van der Waals surface area contributed by atoms with Crippen molar-refractivity contribution in [3.8, 4) is 34.5 Å². The number of imidazole rings is 1. The van der Waals surface area contributed by atoms with Gasteiger partial charge < -0.3 is 15.0 Å². The van der Waals surface area contributed by atoms with Crippen LogP contribution in [0.5, 0.6) is 5.75 Å². The zero-order valence-electron chi connectivity index (χ0n) is 17.6. The van der Waals surface area contributed by atoms with Crippen LogP contribution in [0.1, 0.15) is 47.8 Å². The van der Waals surface area contributed by atoms with Crippen LogP contribution < -0.4 is 10.5 Å².